The van der Waals surface area contributed by atoms with E-state index in [1.807, 2.05) is 11.9 Å². The van der Waals surface area contributed by atoms with Gasteiger partial charge in [0.1, 0.15) is 17.1 Å². The Hall–Kier alpha value is -3.38. The number of hydrogen-bond acceptors (Lipinski definition) is 7. The quantitative estimate of drug-likeness (QED) is 0.478. The molecule has 3 heterocycles. The lowest BCUT2D eigenvalue weighted by Gasteiger charge is -2.18. The molecule has 2 aliphatic heterocycles. The van der Waals surface area contributed by atoms with Crippen LogP contribution in [-0.2, 0) is 15.8 Å². The number of nitrogens with one attached hydrogen (secondary N) is 3. The Morgan fingerprint density at radius 3 is 2.50 bits per heavy atom. The third-order valence-electron chi connectivity index (χ3n) is 5.49. The Bertz CT molecular complexity index is 1170. The number of carbonyl (C=O) groups excluding carboxylic acids is 2. The Morgan fingerprint density at radius 2 is 1.88 bits per heavy atom. The number of likely N-dealkylation sites (tertiary alicyclic amines) is 1. The monoisotopic (exact) mass is 497 g/mol. The molecule has 13 heteroatoms. The van der Waals surface area contributed by atoms with Gasteiger partial charge in [-0.25, -0.2) is 9.97 Å². The van der Waals surface area contributed by atoms with E-state index in [1.54, 1.807) is 18.2 Å². The van der Waals surface area contributed by atoms with Crippen molar-refractivity contribution in [3.05, 3.63) is 47.3 Å². The van der Waals surface area contributed by atoms with Crippen LogP contribution in [-0.4, -0.2) is 46.3 Å². The van der Waals surface area contributed by atoms with E-state index in [1.165, 1.54) is 6.92 Å². The fraction of sp³-hybridized carbons (Fsp3) is 0.333. The number of fused-ring (bicyclic) bond motifs is 1. The molecule has 2 amide bonds. The van der Waals surface area contributed by atoms with Crippen LogP contribution >= 0.6 is 12.4 Å². The number of rotatable bonds is 4. The first-order valence-electron chi connectivity index (χ1n) is 10.2. The highest BCUT2D eigenvalue weighted by Gasteiger charge is 2.35. The van der Waals surface area contributed by atoms with Crippen LogP contribution in [0, 0.1) is 6.92 Å². The first kappa shape index (κ1) is 25.2. The molecule has 0 radical (unpaired) electrons. The molecule has 0 unspecified atom stereocenters. The minimum atomic E-state index is -4.71. The summed E-state index contributed by atoms with van der Waals surface area (Å²) >= 11 is 0. The van der Waals surface area contributed by atoms with Crippen molar-refractivity contribution in [3.8, 4) is 0 Å². The van der Waals surface area contributed by atoms with Gasteiger partial charge in [0.2, 0.25) is 5.91 Å². The number of carbonyl (C=O) groups is 2. The molecule has 0 bridgehead atoms. The molecular formula is C21H23ClF3N7O2. The van der Waals surface area contributed by atoms with Gasteiger partial charge in [0.05, 0.1) is 17.4 Å². The van der Waals surface area contributed by atoms with Gasteiger partial charge in [-0.05, 0) is 57.6 Å². The van der Waals surface area contributed by atoms with Crippen LogP contribution < -0.4 is 21.7 Å². The molecular weight excluding hydrogens is 475 g/mol. The minimum absolute atomic E-state index is 0. The van der Waals surface area contributed by atoms with Gasteiger partial charge < -0.3 is 21.7 Å². The average molecular weight is 498 g/mol. The highest BCUT2D eigenvalue weighted by atomic mass is 35.5. The van der Waals surface area contributed by atoms with Crippen molar-refractivity contribution in [2.75, 3.05) is 29.5 Å². The van der Waals surface area contributed by atoms with Crippen LogP contribution in [0.5, 0.6) is 0 Å². The van der Waals surface area contributed by atoms with E-state index in [0.29, 0.717) is 17.1 Å². The number of aryl methyl sites for hydroxylation is 1. The molecule has 1 aromatic heterocycles. The number of alkyl halides is 3. The topological polar surface area (TPSA) is 125 Å². The van der Waals surface area contributed by atoms with Crippen LogP contribution in [0.4, 0.5) is 30.2 Å². The van der Waals surface area contributed by atoms with E-state index in [4.69, 9.17) is 5.73 Å². The van der Waals surface area contributed by atoms with Crippen molar-refractivity contribution in [1.29, 1.82) is 0 Å². The standard InChI is InChI=1S/C21H22F3N7O2.ClH/c1-10-8-15(21(22,23)24)30-18(26-10)16(17(25)32)19-28-12-6-5-11(9-13(12)29-19)27-20(33)14-4-3-7-31(14)2;/h5-6,8-9,14,28-29H,3-4,7H2,1-2H3,(H2,25,32)(H,27,33);1H/t14-;/m0./s1. The number of likely N-dealkylation sites (N-methyl/N-ethyl adjacent to an activating group) is 1. The Labute approximate surface area is 199 Å². The van der Waals surface area contributed by atoms with E-state index in [2.05, 4.69) is 25.9 Å². The van der Waals surface area contributed by atoms with E-state index in [9.17, 15) is 22.8 Å². The van der Waals surface area contributed by atoms with Crippen LogP contribution in [0.3, 0.4) is 0 Å². The molecule has 5 N–H and O–H groups in total. The molecule has 34 heavy (non-hydrogen) atoms. The molecule has 0 spiro atoms. The van der Waals surface area contributed by atoms with Crippen LogP contribution in [0.2, 0.25) is 0 Å². The number of nitrogens with two attached hydrogens (primary N) is 1. The molecule has 182 valence electrons. The van der Waals surface area contributed by atoms with Crippen LogP contribution in [0.15, 0.2) is 30.1 Å². The SMILES string of the molecule is Cc1cc(C(F)(F)F)nc(C(C(N)=O)=C2Nc3ccc(NC(=O)[C@@H]4CCCN4C)cc3N2)n1.Cl. The fourth-order valence-electron chi connectivity index (χ4n) is 3.90. The second-order valence-corrected chi connectivity index (χ2v) is 7.97. The van der Waals surface area contributed by atoms with E-state index >= 15 is 0 Å². The average Bonchev–Trinajstić information content (AvgIpc) is 3.32. The number of primary amides is 1. The van der Waals surface area contributed by atoms with Crippen molar-refractivity contribution in [2.45, 2.75) is 32.0 Å². The molecule has 9 nitrogen and oxygen atoms in total. The summed E-state index contributed by atoms with van der Waals surface area (Å²) in [6.45, 7) is 2.22. The Morgan fingerprint density at radius 1 is 1.18 bits per heavy atom. The molecule has 0 aliphatic carbocycles. The summed E-state index contributed by atoms with van der Waals surface area (Å²) in [5.41, 5.74) is 5.58. The molecule has 0 saturated carbocycles. The van der Waals surface area contributed by atoms with Gasteiger partial charge in [0.15, 0.2) is 5.82 Å². The summed E-state index contributed by atoms with van der Waals surface area (Å²) in [4.78, 5) is 34.2. The maximum Gasteiger partial charge on any atom is 0.433 e. The summed E-state index contributed by atoms with van der Waals surface area (Å²) in [7, 11) is 1.89. The van der Waals surface area contributed by atoms with Crippen LogP contribution in [0.1, 0.15) is 30.1 Å². The maximum atomic E-state index is 13.2. The van der Waals surface area contributed by atoms with Crippen molar-refractivity contribution < 1.29 is 22.8 Å². The second-order valence-electron chi connectivity index (χ2n) is 7.97. The zero-order valence-electron chi connectivity index (χ0n) is 18.3. The fourth-order valence-corrected chi connectivity index (χ4v) is 3.90. The highest BCUT2D eigenvalue weighted by molar-refractivity contribution is 6.20. The molecule has 2 aliphatic rings. The molecule has 1 atom stereocenters. The number of hydrogen-bond donors (Lipinski definition) is 4. The van der Waals surface area contributed by atoms with Gasteiger partial charge in [-0.15, -0.1) is 12.4 Å². The summed E-state index contributed by atoms with van der Waals surface area (Å²) in [6.07, 6.45) is -2.99. The molecule has 1 fully saturated rings. The zero-order chi connectivity index (χ0) is 23.9. The third-order valence-corrected chi connectivity index (χ3v) is 5.49. The summed E-state index contributed by atoms with van der Waals surface area (Å²) in [5, 5.41) is 8.72. The number of nitrogens with zero attached hydrogens (tertiary/aromatic N) is 3. The predicted octanol–water partition coefficient (Wildman–Crippen LogP) is 2.95. The number of benzene rings is 1. The molecule has 2 aromatic rings. The number of halogens is 4. The summed E-state index contributed by atoms with van der Waals surface area (Å²) in [5.74, 6) is -1.53. The van der Waals surface area contributed by atoms with Crippen LogP contribution in [0.25, 0.3) is 5.57 Å². The predicted molar refractivity (Wildman–Crippen MR) is 123 cm³/mol. The highest BCUT2D eigenvalue weighted by Crippen LogP contribution is 2.36. The number of aromatic nitrogens is 2. The number of anilines is 3. The molecule has 1 saturated heterocycles. The van der Waals surface area contributed by atoms with Gasteiger partial charge in [0.25, 0.3) is 5.91 Å². The summed E-state index contributed by atoms with van der Waals surface area (Å²) < 4.78 is 39.6. The van der Waals surface area contributed by atoms with Gasteiger partial charge in [-0.2, -0.15) is 13.2 Å². The van der Waals surface area contributed by atoms with Crippen molar-refractivity contribution in [3.63, 3.8) is 0 Å². The normalized spacial score (nSPS) is 18.9. The smallest absolute Gasteiger partial charge is 0.365 e. The second kappa shape index (κ2) is 9.47. The third kappa shape index (κ3) is 5.07. The Kier molecular flexibility index (Phi) is 7.03. The first-order valence-corrected chi connectivity index (χ1v) is 10.2. The lowest BCUT2D eigenvalue weighted by molar-refractivity contribution is -0.141. The minimum Gasteiger partial charge on any atom is -0.365 e. The van der Waals surface area contributed by atoms with E-state index < -0.39 is 23.6 Å². The van der Waals surface area contributed by atoms with E-state index in [-0.39, 0.29) is 41.4 Å². The summed E-state index contributed by atoms with van der Waals surface area (Å²) in [6, 6.07) is 5.58. The van der Waals surface area contributed by atoms with Crippen molar-refractivity contribution in [2.24, 2.45) is 5.73 Å². The molecule has 4 rings (SSSR count). The van der Waals surface area contributed by atoms with Gasteiger partial charge >= 0.3 is 6.18 Å². The largest absolute Gasteiger partial charge is 0.433 e. The lowest BCUT2D eigenvalue weighted by Crippen LogP contribution is -2.37. The lowest BCUT2D eigenvalue weighted by atomic mass is 10.2. The van der Waals surface area contributed by atoms with E-state index in [0.717, 1.165) is 25.5 Å². The zero-order valence-corrected chi connectivity index (χ0v) is 19.1. The molecule has 1 aromatic carbocycles. The van der Waals surface area contributed by atoms with Gasteiger partial charge in [-0.3, -0.25) is 14.5 Å². The Balaban J connectivity index is 0.00000324. The first-order chi connectivity index (χ1) is 15.5. The van der Waals surface area contributed by atoms with Gasteiger partial charge in [-0.1, -0.05) is 0 Å². The number of amides is 2. The van der Waals surface area contributed by atoms with Gasteiger partial charge in [0, 0.05) is 11.4 Å². The maximum absolute atomic E-state index is 13.2. The van der Waals surface area contributed by atoms with Crippen molar-refractivity contribution in [1.82, 2.24) is 14.9 Å². The van der Waals surface area contributed by atoms with Crippen molar-refractivity contribution >= 4 is 46.9 Å².